The molecule has 5 rings (SSSR count). The lowest BCUT2D eigenvalue weighted by molar-refractivity contribution is -0.136. The summed E-state index contributed by atoms with van der Waals surface area (Å²) in [5.74, 6) is -0.698. The second-order valence-corrected chi connectivity index (χ2v) is 9.46. The predicted molar refractivity (Wildman–Crippen MR) is 113 cm³/mol. The van der Waals surface area contributed by atoms with Gasteiger partial charge in [-0.15, -0.1) is 0 Å². The van der Waals surface area contributed by atoms with E-state index >= 15 is 0 Å². The molecule has 30 heavy (non-hydrogen) atoms. The van der Waals surface area contributed by atoms with E-state index in [1.807, 2.05) is 12.1 Å². The van der Waals surface area contributed by atoms with Crippen molar-refractivity contribution in [3.05, 3.63) is 29.3 Å². The van der Waals surface area contributed by atoms with Crippen LogP contribution in [0.1, 0.15) is 61.4 Å². The molecule has 0 aliphatic carbocycles. The molecule has 0 spiro atoms. The second-order valence-electron chi connectivity index (χ2n) is 9.46. The summed E-state index contributed by atoms with van der Waals surface area (Å²) in [5.41, 5.74) is 3.17. The summed E-state index contributed by atoms with van der Waals surface area (Å²) in [4.78, 5) is 41.3. The van der Waals surface area contributed by atoms with E-state index < -0.39 is 6.04 Å². The van der Waals surface area contributed by atoms with Crippen LogP contribution in [0.5, 0.6) is 0 Å². The Kier molecular flexibility index (Phi) is 4.81. The Morgan fingerprint density at radius 1 is 1.07 bits per heavy atom. The third-order valence-corrected chi connectivity index (χ3v) is 7.67. The minimum absolute atomic E-state index is 0.0924. The SMILES string of the molecule is CC1(C2CCCN2c2cccc3c2CN(C2CCC(=O)NC2=O)C3=O)CCNCC1. The fourth-order valence-corrected chi connectivity index (χ4v) is 5.95. The molecule has 3 amide bonds. The summed E-state index contributed by atoms with van der Waals surface area (Å²) in [5, 5.41) is 5.87. The van der Waals surface area contributed by atoms with E-state index in [2.05, 4.69) is 28.5 Å². The minimum Gasteiger partial charge on any atom is -0.368 e. The summed E-state index contributed by atoms with van der Waals surface area (Å²) in [6.07, 6.45) is 5.38. The number of hydrogen-bond acceptors (Lipinski definition) is 5. The van der Waals surface area contributed by atoms with Crippen LogP contribution in [-0.2, 0) is 16.1 Å². The number of rotatable bonds is 3. The first-order chi connectivity index (χ1) is 14.5. The number of nitrogens with zero attached hydrogens (tertiary/aromatic N) is 2. The molecule has 2 N–H and O–H groups in total. The lowest BCUT2D eigenvalue weighted by Gasteiger charge is -2.44. The molecule has 0 aromatic heterocycles. The third kappa shape index (κ3) is 3.11. The average Bonchev–Trinajstić information content (AvgIpc) is 3.35. The molecule has 1 aromatic carbocycles. The zero-order valence-electron chi connectivity index (χ0n) is 17.6. The van der Waals surface area contributed by atoms with Gasteiger partial charge in [0, 0.05) is 42.4 Å². The van der Waals surface area contributed by atoms with Crippen molar-refractivity contribution < 1.29 is 14.4 Å². The highest BCUT2D eigenvalue weighted by atomic mass is 16.2. The average molecular weight is 411 g/mol. The van der Waals surface area contributed by atoms with Crippen LogP contribution in [0.25, 0.3) is 0 Å². The van der Waals surface area contributed by atoms with E-state index in [9.17, 15) is 14.4 Å². The summed E-state index contributed by atoms with van der Waals surface area (Å²) < 4.78 is 0. The van der Waals surface area contributed by atoms with E-state index in [-0.39, 0.29) is 29.6 Å². The Morgan fingerprint density at radius 3 is 2.63 bits per heavy atom. The molecule has 4 aliphatic rings. The first-order valence-corrected chi connectivity index (χ1v) is 11.2. The molecule has 7 heteroatoms. The molecule has 0 radical (unpaired) electrons. The van der Waals surface area contributed by atoms with Gasteiger partial charge in [0.15, 0.2) is 0 Å². The summed E-state index contributed by atoms with van der Waals surface area (Å²) >= 11 is 0. The second kappa shape index (κ2) is 7.38. The number of hydrogen-bond donors (Lipinski definition) is 2. The van der Waals surface area contributed by atoms with Crippen LogP contribution in [0.4, 0.5) is 5.69 Å². The first-order valence-electron chi connectivity index (χ1n) is 11.2. The van der Waals surface area contributed by atoms with Crippen molar-refractivity contribution in [1.29, 1.82) is 0 Å². The molecule has 0 saturated carbocycles. The van der Waals surface area contributed by atoms with E-state index in [1.165, 1.54) is 25.7 Å². The highest BCUT2D eigenvalue weighted by Gasteiger charge is 2.44. The van der Waals surface area contributed by atoms with Crippen molar-refractivity contribution in [3.8, 4) is 0 Å². The molecule has 4 aliphatic heterocycles. The van der Waals surface area contributed by atoms with Crippen LogP contribution in [0.2, 0.25) is 0 Å². The standard InChI is InChI=1S/C23H30N4O3/c1-23(9-11-24-12-10-23)19-6-3-13-26(19)17-5-2-4-15-16(17)14-27(22(15)30)18-7-8-20(28)25-21(18)29/h2,4-5,18-19,24H,3,6-14H2,1H3,(H,25,28,29). The van der Waals surface area contributed by atoms with Crippen LogP contribution in [0.15, 0.2) is 18.2 Å². The Balaban J connectivity index is 1.44. The minimum atomic E-state index is -0.563. The van der Waals surface area contributed by atoms with Crippen molar-refractivity contribution in [1.82, 2.24) is 15.5 Å². The Morgan fingerprint density at radius 2 is 1.87 bits per heavy atom. The van der Waals surface area contributed by atoms with E-state index in [1.54, 1.807) is 4.90 Å². The number of carbonyl (C=O) groups excluding carboxylic acids is 3. The molecule has 0 bridgehead atoms. The van der Waals surface area contributed by atoms with E-state index in [0.29, 0.717) is 24.6 Å². The molecule has 4 heterocycles. The lowest BCUT2D eigenvalue weighted by Crippen LogP contribution is -2.52. The van der Waals surface area contributed by atoms with Gasteiger partial charge in [-0.3, -0.25) is 19.7 Å². The number of piperidine rings is 2. The van der Waals surface area contributed by atoms with Crippen molar-refractivity contribution >= 4 is 23.4 Å². The van der Waals surface area contributed by atoms with Gasteiger partial charge in [-0.05, 0) is 62.7 Å². The molecule has 7 nitrogen and oxygen atoms in total. The highest BCUT2D eigenvalue weighted by Crippen LogP contribution is 2.44. The molecule has 3 fully saturated rings. The van der Waals surface area contributed by atoms with Crippen molar-refractivity contribution in [2.45, 2.75) is 64.1 Å². The maximum atomic E-state index is 13.2. The zero-order valence-corrected chi connectivity index (χ0v) is 17.6. The van der Waals surface area contributed by atoms with Crippen LogP contribution in [0.3, 0.4) is 0 Å². The summed E-state index contributed by atoms with van der Waals surface area (Å²) in [6, 6.07) is 5.91. The zero-order chi connectivity index (χ0) is 20.9. The van der Waals surface area contributed by atoms with Gasteiger partial charge >= 0.3 is 0 Å². The quantitative estimate of drug-likeness (QED) is 0.743. The topological polar surface area (TPSA) is 81.8 Å². The summed E-state index contributed by atoms with van der Waals surface area (Å²) in [7, 11) is 0. The van der Waals surface area contributed by atoms with Crippen LogP contribution in [-0.4, -0.2) is 54.3 Å². The van der Waals surface area contributed by atoms with Crippen LogP contribution in [0, 0.1) is 5.41 Å². The maximum Gasteiger partial charge on any atom is 0.255 e. The van der Waals surface area contributed by atoms with Gasteiger partial charge in [-0.1, -0.05) is 13.0 Å². The third-order valence-electron chi connectivity index (χ3n) is 7.67. The van der Waals surface area contributed by atoms with E-state index in [4.69, 9.17) is 0 Å². The molecule has 2 unspecified atom stereocenters. The molecule has 1 aromatic rings. The number of imide groups is 1. The number of nitrogens with one attached hydrogen (secondary N) is 2. The fraction of sp³-hybridized carbons (Fsp3) is 0.609. The van der Waals surface area contributed by atoms with Gasteiger partial charge in [-0.2, -0.15) is 0 Å². The lowest BCUT2D eigenvalue weighted by atomic mass is 9.73. The predicted octanol–water partition coefficient (Wildman–Crippen LogP) is 1.81. The largest absolute Gasteiger partial charge is 0.368 e. The number of amides is 3. The molecular weight excluding hydrogens is 380 g/mol. The monoisotopic (exact) mass is 410 g/mol. The molecular formula is C23H30N4O3. The van der Waals surface area contributed by atoms with Gasteiger partial charge in [0.05, 0.1) is 0 Å². The number of anilines is 1. The van der Waals surface area contributed by atoms with Crippen LogP contribution >= 0.6 is 0 Å². The number of carbonyl (C=O) groups is 3. The van der Waals surface area contributed by atoms with Gasteiger partial charge in [0.2, 0.25) is 11.8 Å². The molecule has 3 saturated heterocycles. The fourth-order valence-electron chi connectivity index (χ4n) is 5.95. The highest BCUT2D eigenvalue weighted by molar-refractivity contribution is 6.06. The first kappa shape index (κ1) is 19.5. The number of benzene rings is 1. The number of fused-ring (bicyclic) bond motifs is 1. The summed E-state index contributed by atoms with van der Waals surface area (Å²) in [6.45, 7) is 6.00. The Hall–Kier alpha value is -2.41. The molecule has 2 atom stereocenters. The van der Waals surface area contributed by atoms with Gasteiger partial charge in [-0.25, -0.2) is 0 Å². The van der Waals surface area contributed by atoms with Crippen molar-refractivity contribution in [2.24, 2.45) is 5.41 Å². The van der Waals surface area contributed by atoms with Crippen molar-refractivity contribution in [3.63, 3.8) is 0 Å². The maximum absolute atomic E-state index is 13.2. The molecule has 160 valence electrons. The Labute approximate surface area is 177 Å². The van der Waals surface area contributed by atoms with Gasteiger partial charge < -0.3 is 15.1 Å². The van der Waals surface area contributed by atoms with Crippen molar-refractivity contribution in [2.75, 3.05) is 24.5 Å². The Bertz CT molecular complexity index is 892. The normalized spacial score (nSPS) is 28.6. The van der Waals surface area contributed by atoms with E-state index in [0.717, 1.165) is 30.9 Å². The van der Waals surface area contributed by atoms with Gasteiger partial charge in [0.1, 0.15) is 6.04 Å². The van der Waals surface area contributed by atoms with Crippen LogP contribution < -0.4 is 15.5 Å². The smallest absolute Gasteiger partial charge is 0.255 e. The van der Waals surface area contributed by atoms with Gasteiger partial charge in [0.25, 0.3) is 5.91 Å².